The van der Waals surface area contributed by atoms with Crippen LogP contribution in [0.25, 0.3) is 11.0 Å². The van der Waals surface area contributed by atoms with Gasteiger partial charge in [0.05, 0.1) is 6.54 Å². The van der Waals surface area contributed by atoms with E-state index >= 15 is 0 Å². The lowest BCUT2D eigenvalue weighted by molar-refractivity contribution is -0.120. The summed E-state index contributed by atoms with van der Waals surface area (Å²) in [5, 5.41) is 5.34. The molecule has 3 aromatic rings. The van der Waals surface area contributed by atoms with Crippen molar-refractivity contribution < 1.29 is 9.32 Å². The quantitative estimate of drug-likeness (QED) is 0.686. The molecule has 0 N–H and O–H groups in total. The Labute approximate surface area is 170 Å². The van der Waals surface area contributed by atoms with Crippen LogP contribution in [0.15, 0.2) is 53.1 Å². The molecule has 0 spiro atoms. The zero-order chi connectivity index (χ0) is 19.6. The van der Waals surface area contributed by atoms with Crippen molar-refractivity contribution in [2.24, 2.45) is 0 Å². The summed E-state index contributed by atoms with van der Waals surface area (Å²) in [6.45, 7) is 5.78. The van der Waals surface area contributed by atoms with E-state index in [1.807, 2.05) is 29.2 Å². The summed E-state index contributed by atoms with van der Waals surface area (Å²) < 4.78 is 5.42. The van der Waals surface area contributed by atoms with Crippen LogP contribution in [0.2, 0.25) is 0 Å². The molecule has 3 heterocycles. The first-order valence-corrected chi connectivity index (χ1v) is 10.4. The number of carbonyl (C=O) groups excluding carboxylic acids is 1. The molecule has 6 heteroatoms. The van der Waals surface area contributed by atoms with Crippen LogP contribution < -0.4 is 4.90 Å². The highest BCUT2D eigenvalue weighted by Gasteiger charge is 2.26. The third-order valence-electron chi connectivity index (χ3n) is 6.06. The number of piperazine rings is 1. The van der Waals surface area contributed by atoms with E-state index in [9.17, 15) is 4.79 Å². The number of fused-ring (bicyclic) bond motifs is 2. The molecule has 1 aromatic heterocycles. The first-order valence-electron chi connectivity index (χ1n) is 10.4. The fraction of sp³-hybridized carbons (Fsp3) is 0.391. The molecule has 6 nitrogen and oxygen atoms in total. The van der Waals surface area contributed by atoms with Gasteiger partial charge in [-0.2, -0.15) is 0 Å². The SMILES string of the molecule is O=C(CN1CCN(Cc2noc3ccccc23)CC1)N1CCCc2ccccc21. The molecule has 2 aromatic carbocycles. The van der Waals surface area contributed by atoms with Gasteiger partial charge in [0.2, 0.25) is 5.91 Å². The van der Waals surface area contributed by atoms with E-state index in [1.54, 1.807) is 0 Å². The van der Waals surface area contributed by atoms with E-state index < -0.39 is 0 Å². The average Bonchev–Trinajstić information content (AvgIpc) is 3.17. The Morgan fingerprint density at radius 3 is 2.59 bits per heavy atom. The van der Waals surface area contributed by atoms with E-state index in [0.717, 1.165) is 74.5 Å². The topological polar surface area (TPSA) is 52.8 Å². The monoisotopic (exact) mass is 390 g/mol. The predicted octanol–water partition coefficient (Wildman–Crippen LogP) is 2.92. The molecule has 150 valence electrons. The van der Waals surface area contributed by atoms with Crippen LogP contribution in [-0.4, -0.2) is 60.1 Å². The molecule has 2 aliphatic rings. The van der Waals surface area contributed by atoms with Crippen LogP contribution in [-0.2, 0) is 17.8 Å². The van der Waals surface area contributed by atoms with E-state index in [4.69, 9.17) is 4.52 Å². The summed E-state index contributed by atoms with van der Waals surface area (Å²) in [5.74, 6) is 0.216. The highest BCUT2D eigenvalue weighted by molar-refractivity contribution is 5.96. The fourth-order valence-corrected chi connectivity index (χ4v) is 4.44. The number of para-hydroxylation sites is 2. The van der Waals surface area contributed by atoms with Gasteiger partial charge < -0.3 is 9.42 Å². The van der Waals surface area contributed by atoms with Crippen LogP contribution in [0, 0.1) is 0 Å². The van der Waals surface area contributed by atoms with Crippen LogP contribution in [0.5, 0.6) is 0 Å². The summed E-state index contributed by atoms with van der Waals surface area (Å²) in [6, 6.07) is 16.3. The van der Waals surface area contributed by atoms with Gasteiger partial charge in [-0.15, -0.1) is 0 Å². The van der Waals surface area contributed by atoms with Gasteiger partial charge in [0.15, 0.2) is 5.58 Å². The molecule has 0 aliphatic carbocycles. The minimum atomic E-state index is 0.216. The van der Waals surface area contributed by atoms with Crippen LogP contribution in [0.3, 0.4) is 0 Å². The molecule has 0 atom stereocenters. The second-order valence-corrected chi connectivity index (χ2v) is 7.96. The molecule has 1 amide bonds. The minimum Gasteiger partial charge on any atom is -0.356 e. The number of aryl methyl sites for hydroxylation is 1. The summed E-state index contributed by atoms with van der Waals surface area (Å²) in [6.07, 6.45) is 2.11. The van der Waals surface area contributed by atoms with Crippen LogP contribution in [0.1, 0.15) is 17.7 Å². The van der Waals surface area contributed by atoms with Crippen molar-refractivity contribution in [3.8, 4) is 0 Å². The number of anilines is 1. The summed E-state index contributed by atoms with van der Waals surface area (Å²) in [5.41, 5.74) is 4.22. The Morgan fingerprint density at radius 2 is 1.69 bits per heavy atom. The van der Waals surface area contributed by atoms with Gasteiger partial charge in [0, 0.05) is 50.3 Å². The van der Waals surface area contributed by atoms with Gasteiger partial charge in [0.25, 0.3) is 0 Å². The highest BCUT2D eigenvalue weighted by atomic mass is 16.5. The number of nitrogens with zero attached hydrogens (tertiary/aromatic N) is 4. The predicted molar refractivity (Wildman–Crippen MR) is 113 cm³/mol. The van der Waals surface area contributed by atoms with Crippen molar-refractivity contribution in [1.82, 2.24) is 15.0 Å². The number of hydrogen-bond donors (Lipinski definition) is 0. The molecular weight excluding hydrogens is 364 g/mol. The van der Waals surface area contributed by atoms with E-state index in [-0.39, 0.29) is 5.91 Å². The Kier molecular flexibility index (Phi) is 5.04. The maximum Gasteiger partial charge on any atom is 0.241 e. The van der Waals surface area contributed by atoms with Gasteiger partial charge >= 0.3 is 0 Å². The fourth-order valence-electron chi connectivity index (χ4n) is 4.44. The average molecular weight is 390 g/mol. The summed E-state index contributed by atoms with van der Waals surface area (Å²) in [7, 11) is 0. The Morgan fingerprint density at radius 1 is 0.931 bits per heavy atom. The summed E-state index contributed by atoms with van der Waals surface area (Å²) >= 11 is 0. The number of benzene rings is 2. The van der Waals surface area contributed by atoms with Gasteiger partial charge in [-0.25, -0.2) is 0 Å². The van der Waals surface area contributed by atoms with Gasteiger partial charge in [-0.1, -0.05) is 35.5 Å². The zero-order valence-electron chi connectivity index (χ0n) is 16.6. The minimum absolute atomic E-state index is 0.216. The van der Waals surface area contributed by atoms with Gasteiger partial charge in [-0.05, 0) is 36.6 Å². The molecular formula is C23H26N4O2. The number of carbonyl (C=O) groups is 1. The maximum atomic E-state index is 13.0. The lowest BCUT2D eigenvalue weighted by Crippen LogP contribution is -2.50. The summed E-state index contributed by atoms with van der Waals surface area (Å²) in [4.78, 5) is 19.6. The number of amides is 1. The second-order valence-electron chi connectivity index (χ2n) is 7.96. The molecule has 0 bridgehead atoms. The van der Waals surface area contributed by atoms with Crippen molar-refractivity contribution in [2.75, 3.05) is 44.2 Å². The lowest BCUT2D eigenvalue weighted by Gasteiger charge is -2.36. The zero-order valence-corrected chi connectivity index (χ0v) is 16.6. The van der Waals surface area contributed by atoms with Crippen molar-refractivity contribution in [1.29, 1.82) is 0 Å². The molecule has 2 aliphatic heterocycles. The van der Waals surface area contributed by atoms with Crippen LogP contribution >= 0.6 is 0 Å². The third kappa shape index (κ3) is 3.78. The molecule has 29 heavy (non-hydrogen) atoms. The normalized spacial score (nSPS) is 18.1. The second kappa shape index (κ2) is 7.97. The van der Waals surface area contributed by atoms with Gasteiger partial charge in [-0.3, -0.25) is 14.6 Å². The Bertz CT molecular complexity index is 1010. The maximum absolute atomic E-state index is 13.0. The molecule has 5 rings (SSSR count). The lowest BCUT2D eigenvalue weighted by atomic mass is 10.0. The van der Waals surface area contributed by atoms with Gasteiger partial charge in [0.1, 0.15) is 5.69 Å². The smallest absolute Gasteiger partial charge is 0.241 e. The standard InChI is InChI=1S/C23H26N4O2/c28-23(27-11-5-7-18-6-1-3-9-21(18)27)17-26-14-12-25(13-15-26)16-20-19-8-2-4-10-22(19)29-24-20/h1-4,6,8-10H,5,7,11-17H2. The van der Waals surface area contributed by atoms with E-state index in [1.165, 1.54) is 5.56 Å². The van der Waals surface area contributed by atoms with Crippen LogP contribution in [0.4, 0.5) is 5.69 Å². The van der Waals surface area contributed by atoms with Crippen molar-refractivity contribution in [3.63, 3.8) is 0 Å². The molecule has 0 radical (unpaired) electrons. The largest absolute Gasteiger partial charge is 0.356 e. The Balaban J connectivity index is 1.17. The third-order valence-corrected chi connectivity index (χ3v) is 6.06. The van der Waals surface area contributed by atoms with Crippen molar-refractivity contribution in [2.45, 2.75) is 19.4 Å². The molecule has 0 unspecified atom stereocenters. The molecule has 1 saturated heterocycles. The highest BCUT2D eigenvalue weighted by Crippen LogP contribution is 2.27. The first kappa shape index (κ1) is 18.3. The van der Waals surface area contributed by atoms with E-state index in [0.29, 0.717) is 6.54 Å². The van der Waals surface area contributed by atoms with Crippen molar-refractivity contribution >= 4 is 22.6 Å². The number of rotatable bonds is 4. The molecule has 1 fully saturated rings. The first-order chi connectivity index (χ1) is 14.3. The Hall–Kier alpha value is -2.70. The van der Waals surface area contributed by atoms with Crippen molar-refractivity contribution in [3.05, 3.63) is 59.8 Å². The number of aromatic nitrogens is 1. The van der Waals surface area contributed by atoms with E-state index in [2.05, 4.69) is 39.2 Å². The number of hydrogen-bond acceptors (Lipinski definition) is 5. The molecule has 0 saturated carbocycles.